The van der Waals surface area contributed by atoms with Gasteiger partial charge in [0.15, 0.2) is 0 Å². The summed E-state index contributed by atoms with van der Waals surface area (Å²) in [5.41, 5.74) is 5.96. The Morgan fingerprint density at radius 1 is 1.38 bits per heavy atom. The van der Waals surface area contributed by atoms with Gasteiger partial charge in [-0.15, -0.1) is 0 Å². The Hall–Kier alpha value is 0.0569. The molecule has 4 nitrogen and oxygen atoms in total. The van der Waals surface area contributed by atoms with Crippen molar-refractivity contribution in [3.05, 3.63) is 0 Å². The molecule has 3 N–H and O–H groups in total. The first-order chi connectivity index (χ1) is 6.01. The second kappa shape index (κ2) is 5.72. The van der Waals surface area contributed by atoms with Crippen LogP contribution in [0.15, 0.2) is 0 Å². The fourth-order valence-corrected chi connectivity index (χ4v) is 3.91. The molecule has 0 aliphatic heterocycles. The molecule has 0 saturated carbocycles. The van der Waals surface area contributed by atoms with Gasteiger partial charge < -0.3 is 19.7 Å². The summed E-state index contributed by atoms with van der Waals surface area (Å²) in [6, 6.07) is -0.0104. The lowest BCUT2D eigenvalue weighted by Gasteiger charge is -2.34. The van der Waals surface area contributed by atoms with Crippen molar-refractivity contribution < 1.29 is 14.0 Å². The van der Waals surface area contributed by atoms with E-state index in [2.05, 4.69) is 0 Å². The highest BCUT2D eigenvalue weighted by molar-refractivity contribution is 6.67. The van der Waals surface area contributed by atoms with E-state index in [1.807, 2.05) is 13.5 Å². The lowest BCUT2D eigenvalue weighted by molar-refractivity contribution is 0.211. The average Bonchev–Trinajstić information content (AvgIpc) is 2.12. The highest BCUT2D eigenvalue weighted by atomic mass is 28.4. The van der Waals surface area contributed by atoms with Gasteiger partial charge in [-0.25, -0.2) is 0 Å². The molecule has 0 spiro atoms. The van der Waals surface area contributed by atoms with Crippen LogP contribution in [0.25, 0.3) is 0 Å². The summed E-state index contributed by atoms with van der Waals surface area (Å²) in [5.74, 6) is 0. The minimum Gasteiger partial charge on any atom is -0.398 e. The molecule has 0 aromatic carbocycles. The quantitative estimate of drug-likeness (QED) is 0.621. The Morgan fingerprint density at radius 3 is 2.08 bits per heavy atom. The third-order valence-corrected chi connectivity index (χ3v) is 6.34. The van der Waals surface area contributed by atoms with Crippen LogP contribution in [0.3, 0.4) is 0 Å². The predicted molar refractivity (Wildman–Crippen MR) is 54.7 cm³/mol. The lowest BCUT2D eigenvalue weighted by Crippen LogP contribution is -2.48. The Bertz CT molecular complexity index is 139. The minimum atomic E-state index is -2.20. The molecule has 13 heavy (non-hydrogen) atoms. The van der Waals surface area contributed by atoms with Gasteiger partial charge in [0.25, 0.3) is 0 Å². The number of nitrogens with two attached hydrogens (primary N) is 1. The molecule has 2 atom stereocenters. The smallest absolute Gasteiger partial charge is 0.339 e. The number of hydrogen-bond acceptors (Lipinski definition) is 4. The van der Waals surface area contributed by atoms with E-state index in [0.29, 0.717) is 6.42 Å². The maximum atomic E-state index is 8.90. The van der Waals surface area contributed by atoms with Crippen molar-refractivity contribution in [2.45, 2.75) is 31.5 Å². The summed E-state index contributed by atoms with van der Waals surface area (Å²) in [6.07, 6.45) is 0.641. The summed E-state index contributed by atoms with van der Waals surface area (Å²) in [4.78, 5) is 0. The highest BCUT2D eigenvalue weighted by Gasteiger charge is 2.40. The molecule has 0 bridgehead atoms. The fraction of sp³-hybridized carbons (Fsp3) is 1.00. The monoisotopic (exact) mass is 207 g/mol. The van der Waals surface area contributed by atoms with Gasteiger partial charge in [-0.05, 0) is 19.9 Å². The van der Waals surface area contributed by atoms with Crippen LogP contribution in [0.2, 0.25) is 12.1 Å². The van der Waals surface area contributed by atoms with E-state index >= 15 is 0 Å². The van der Waals surface area contributed by atoms with Gasteiger partial charge in [-0.1, -0.05) is 0 Å². The Labute approximate surface area is 81.3 Å². The molecule has 0 saturated heterocycles. The summed E-state index contributed by atoms with van der Waals surface area (Å²) >= 11 is 0. The fourth-order valence-electron chi connectivity index (χ4n) is 1.53. The van der Waals surface area contributed by atoms with Gasteiger partial charge in [0.05, 0.1) is 0 Å². The van der Waals surface area contributed by atoms with E-state index in [9.17, 15) is 0 Å². The van der Waals surface area contributed by atoms with E-state index in [-0.39, 0.29) is 18.2 Å². The van der Waals surface area contributed by atoms with Gasteiger partial charge in [0, 0.05) is 32.4 Å². The zero-order valence-corrected chi connectivity index (χ0v) is 9.91. The molecule has 0 aliphatic rings. The standard InChI is InChI=1S/C8H21NO3Si/c1-7(9)8(5-6-10)13(4,11-2)12-3/h7-8,10H,5-6,9H2,1-4H3. The predicted octanol–water partition coefficient (Wildman–Crippen LogP) is 0.451. The second-order valence-corrected chi connectivity index (χ2v) is 6.99. The zero-order valence-electron chi connectivity index (χ0n) is 8.91. The van der Waals surface area contributed by atoms with E-state index in [0.717, 1.165) is 0 Å². The van der Waals surface area contributed by atoms with Crippen molar-refractivity contribution in [2.24, 2.45) is 5.73 Å². The molecule has 0 heterocycles. The summed E-state index contributed by atoms with van der Waals surface area (Å²) in [6.45, 7) is 4.02. The van der Waals surface area contributed by atoms with Crippen LogP contribution in [0.1, 0.15) is 13.3 Å². The summed E-state index contributed by atoms with van der Waals surface area (Å²) in [7, 11) is 1.09. The van der Waals surface area contributed by atoms with E-state index in [1.165, 1.54) is 0 Å². The van der Waals surface area contributed by atoms with Crippen LogP contribution in [-0.2, 0) is 8.85 Å². The molecule has 0 radical (unpaired) electrons. The van der Waals surface area contributed by atoms with Crippen LogP contribution in [0, 0.1) is 0 Å². The molecule has 0 rings (SSSR count). The van der Waals surface area contributed by atoms with Crippen LogP contribution >= 0.6 is 0 Å². The van der Waals surface area contributed by atoms with Crippen molar-refractivity contribution in [2.75, 3.05) is 20.8 Å². The normalized spacial score (nSPS) is 17.1. The van der Waals surface area contributed by atoms with Crippen molar-refractivity contribution in [1.82, 2.24) is 0 Å². The topological polar surface area (TPSA) is 64.7 Å². The third kappa shape index (κ3) is 3.36. The second-order valence-electron chi connectivity index (χ2n) is 3.40. The Morgan fingerprint density at radius 2 is 1.85 bits per heavy atom. The number of hydrogen-bond donors (Lipinski definition) is 2. The van der Waals surface area contributed by atoms with Gasteiger partial charge >= 0.3 is 8.56 Å². The van der Waals surface area contributed by atoms with Gasteiger partial charge in [0.2, 0.25) is 0 Å². The Kier molecular flexibility index (Phi) is 5.74. The molecule has 0 aromatic heterocycles. The van der Waals surface area contributed by atoms with E-state index in [4.69, 9.17) is 19.7 Å². The molecule has 0 aromatic rings. The first-order valence-electron chi connectivity index (χ1n) is 4.48. The average molecular weight is 207 g/mol. The van der Waals surface area contributed by atoms with Crippen molar-refractivity contribution in [1.29, 1.82) is 0 Å². The Balaban J connectivity index is 4.48. The molecule has 0 amide bonds. The van der Waals surface area contributed by atoms with Gasteiger partial charge in [-0.2, -0.15) is 0 Å². The molecule has 5 heteroatoms. The van der Waals surface area contributed by atoms with E-state index in [1.54, 1.807) is 14.2 Å². The van der Waals surface area contributed by atoms with Crippen LogP contribution in [-0.4, -0.2) is 40.5 Å². The van der Waals surface area contributed by atoms with Crippen LogP contribution in [0.4, 0.5) is 0 Å². The molecular weight excluding hydrogens is 186 g/mol. The third-order valence-electron chi connectivity index (χ3n) is 2.56. The van der Waals surface area contributed by atoms with Gasteiger partial charge in [0.1, 0.15) is 0 Å². The SMILES string of the molecule is CO[Si](C)(OC)C(CCO)C(C)N. The minimum absolute atomic E-state index is 0.0104. The largest absolute Gasteiger partial charge is 0.398 e. The van der Waals surface area contributed by atoms with Crippen LogP contribution < -0.4 is 5.73 Å². The molecule has 0 fully saturated rings. The zero-order chi connectivity index (χ0) is 10.5. The molecule has 0 aliphatic carbocycles. The van der Waals surface area contributed by atoms with Crippen molar-refractivity contribution >= 4 is 8.56 Å². The maximum Gasteiger partial charge on any atom is 0.339 e. The number of aliphatic hydroxyl groups is 1. The highest BCUT2D eigenvalue weighted by Crippen LogP contribution is 2.28. The molecular formula is C8H21NO3Si. The van der Waals surface area contributed by atoms with E-state index < -0.39 is 8.56 Å². The molecule has 80 valence electrons. The summed E-state index contributed by atoms with van der Waals surface area (Å²) < 4.78 is 10.8. The lowest BCUT2D eigenvalue weighted by atomic mass is 10.2. The first-order valence-corrected chi connectivity index (χ1v) is 6.88. The summed E-state index contributed by atoms with van der Waals surface area (Å²) in [5, 5.41) is 8.90. The van der Waals surface area contributed by atoms with Crippen molar-refractivity contribution in [3.8, 4) is 0 Å². The van der Waals surface area contributed by atoms with Crippen molar-refractivity contribution in [3.63, 3.8) is 0 Å². The first kappa shape index (κ1) is 13.1. The van der Waals surface area contributed by atoms with Gasteiger partial charge in [-0.3, -0.25) is 0 Å². The number of rotatable bonds is 6. The molecule has 2 unspecified atom stereocenters. The maximum absolute atomic E-state index is 8.90. The number of aliphatic hydroxyl groups excluding tert-OH is 1. The van der Waals surface area contributed by atoms with Crippen LogP contribution in [0.5, 0.6) is 0 Å².